The molecule has 1 atom stereocenters. The smallest absolute Gasteiger partial charge is 0.254 e. The van der Waals surface area contributed by atoms with E-state index >= 15 is 0 Å². The van der Waals surface area contributed by atoms with Crippen molar-refractivity contribution >= 4 is 29.9 Å². The van der Waals surface area contributed by atoms with Crippen molar-refractivity contribution in [2.45, 2.75) is 12.6 Å². The van der Waals surface area contributed by atoms with E-state index in [1.807, 2.05) is 53.4 Å². The molecule has 0 radical (unpaired) electrons. The first-order valence-electron chi connectivity index (χ1n) is 8.04. The number of piperazine rings is 1. The Kier molecular flexibility index (Phi) is 7.26. The molecule has 2 aromatic carbocycles. The number of amides is 1. The maximum absolute atomic E-state index is 13.0. The van der Waals surface area contributed by atoms with E-state index in [9.17, 15) is 4.79 Å². The molecular formula is C19H22Cl2N2O2. The van der Waals surface area contributed by atoms with E-state index in [4.69, 9.17) is 16.3 Å². The van der Waals surface area contributed by atoms with Gasteiger partial charge in [-0.3, -0.25) is 4.79 Å². The van der Waals surface area contributed by atoms with E-state index in [1.165, 1.54) is 0 Å². The van der Waals surface area contributed by atoms with Gasteiger partial charge in [-0.15, -0.1) is 12.4 Å². The number of nitrogens with zero attached hydrogens (tertiary/aromatic N) is 1. The maximum atomic E-state index is 13.0. The molecule has 134 valence electrons. The van der Waals surface area contributed by atoms with Crippen molar-refractivity contribution in [3.8, 4) is 0 Å². The number of ether oxygens (including phenoxy) is 1. The summed E-state index contributed by atoms with van der Waals surface area (Å²) in [5.74, 6) is 0.0467. The second kappa shape index (κ2) is 9.20. The Morgan fingerprint density at radius 1 is 1.28 bits per heavy atom. The van der Waals surface area contributed by atoms with Gasteiger partial charge in [0.1, 0.15) is 0 Å². The Labute approximate surface area is 159 Å². The van der Waals surface area contributed by atoms with Crippen LogP contribution in [0.15, 0.2) is 48.5 Å². The van der Waals surface area contributed by atoms with Crippen molar-refractivity contribution in [2.24, 2.45) is 0 Å². The van der Waals surface area contributed by atoms with E-state index in [-0.39, 0.29) is 24.4 Å². The van der Waals surface area contributed by atoms with E-state index in [2.05, 4.69) is 5.32 Å². The minimum absolute atomic E-state index is 0. The highest BCUT2D eigenvalue weighted by Crippen LogP contribution is 2.26. The van der Waals surface area contributed by atoms with Crippen LogP contribution in [0, 0.1) is 0 Å². The van der Waals surface area contributed by atoms with Gasteiger partial charge in [0.25, 0.3) is 5.91 Å². The van der Waals surface area contributed by atoms with Gasteiger partial charge in [-0.25, -0.2) is 0 Å². The van der Waals surface area contributed by atoms with Crippen molar-refractivity contribution in [1.82, 2.24) is 10.2 Å². The summed E-state index contributed by atoms with van der Waals surface area (Å²) >= 11 is 6.12. The zero-order chi connectivity index (χ0) is 16.9. The number of carbonyl (C=O) groups is 1. The summed E-state index contributed by atoms with van der Waals surface area (Å²) in [5, 5.41) is 4.05. The second-order valence-corrected chi connectivity index (χ2v) is 6.34. The molecule has 3 rings (SSSR count). The van der Waals surface area contributed by atoms with Crippen LogP contribution < -0.4 is 5.32 Å². The normalized spacial score (nSPS) is 17.0. The van der Waals surface area contributed by atoms with Crippen LogP contribution in [0.1, 0.15) is 27.5 Å². The van der Waals surface area contributed by atoms with Gasteiger partial charge in [0, 0.05) is 37.3 Å². The zero-order valence-electron chi connectivity index (χ0n) is 14.1. The molecular weight excluding hydrogens is 359 g/mol. The molecule has 25 heavy (non-hydrogen) atoms. The molecule has 1 aliphatic heterocycles. The lowest BCUT2D eigenvalue weighted by molar-refractivity contribution is 0.0634. The number of rotatable bonds is 4. The maximum Gasteiger partial charge on any atom is 0.254 e. The molecule has 1 N–H and O–H groups in total. The van der Waals surface area contributed by atoms with Crippen molar-refractivity contribution in [1.29, 1.82) is 0 Å². The molecule has 1 heterocycles. The van der Waals surface area contributed by atoms with Gasteiger partial charge in [-0.2, -0.15) is 0 Å². The molecule has 4 nitrogen and oxygen atoms in total. The van der Waals surface area contributed by atoms with Gasteiger partial charge >= 0.3 is 0 Å². The monoisotopic (exact) mass is 380 g/mol. The molecule has 1 fully saturated rings. The van der Waals surface area contributed by atoms with Crippen LogP contribution in [-0.2, 0) is 11.3 Å². The standard InChI is InChI=1S/C19H21ClN2O2.ClH/c1-24-13-14-5-7-15(8-6-14)19(23)22-10-9-21-12-18(22)16-3-2-4-17(20)11-16;/h2-8,11,18,21H,9-10,12-13H2,1H3;1H. The molecule has 1 unspecified atom stereocenters. The first-order chi connectivity index (χ1) is 11.7. The summed E-state index contributed by atoms with van der Waals surface area (Å²) in [6, 6.07) is 15.3. The fourth-order valence-corrected chi connectivity index (χ4v) is 3.23. The average Bonchev–Trinajstić information content (AvgIpc) is 2.62. The molecule has 0 aliphatic carbocycles. The summed E-state index contributed by atoms with van der Waals surface area (Å²) in [6.45, 7) is 2.75. The van der Waals surface area contributed by atoms with Gasteiger partial charge in [0.2, 0.25) is 0 Å². The quantitative estimate of drug-likeness (QED) is 0.878. The first kappa shape index (κ1) is 19.7. The molecule has 0 aromatic heterocycles. The Bertz CT molecular complexity index is 707. The Balaban J connectivity index is 0.00000225. The fraction of sp³-hybridized carbons (Fsp3) is 0.316. The number of benzene rings is 2. The lowest BCUT2D eigenvalue weighted by atomic mass is 10.0. The summed E-state index contributed by atoms with van der Waals surface area (Å²) in [5.41, 5.74) is 2.81. The van der Waals surface area contributed by atoms with Crippen molar-refractivity contribution in [3.05, 3.63) is 70.2 Å². The minimum Gasteiger partial charge on any atom is -0.380 e. The third kappa shape index (κ3) is 4.73. The van der Waals surface area contributed by atoms with Gasteiger partial charge in [0.15, 0.2) is 0 Å². The summed E-state index contributed by atoms with van der Waals surface area (Å²) < 4.78 is 5.11. The van der Waals surface area contributed by atoms with Gasteiger partial charge in [0.05, 0.1) is 12.6 Å². The molecule has 0 saturated carbocycles. The molecule has 1 aliphatic rings. The van der Waals surface area contributed by atoms with E-state index in [1.54, 1.807) is 7.11 Å². The van der Waals surface area contributed by atoms with Crippen LogP contribution in [0.25, 0.3) is 0 Å². The highest BCUT2D eigenvalue weighted by molar-refractivity contribution is 6.30. The van der Waals surface area contributed by atoms with E-state index in [0.717, 1.165) is 24.2 Å². The highest BCUT2D eigenvalue weighted by atomic mass is 35.5. The van der Waals surface area contributed by atoms with Gasteiger partial charge < -0.3 is 15.0 Å². The van der Waals surface area contributed by atoms with Crippen molar-refractivity contribution < 1.29 is 9.53 Å². The molecule has 1 saturated heterocycles. The topological polar surface area (TPSA) is 41.6 Å². The molecule has 1 amide bonds. The lowest BCUT2D eigenvalue weighted by Gasteiger charge is -2.36. The highest BCUT2D eigenvalue weighted by Gasteiger charge is 2.28. The number of halogens is 2. The first-order valence-corrected chi connectivity index (χ1v) is 8.42. The van der Waals surface area contributed by atoms with Crippen LogP contribution in [0.3, 0.4) is 0 Å². The van der Waals surface area contributed by atoms with E-state index in [0.29, 0.717) is 23.7 Å². The number of hydrogen-bond acceptors (Lipinski definition) is 3. The Morgan fingerprint density at radius 3 is 2.72 bits per heavy atom. The fourth-order valence-electron chi connectivity index (χ4n) is 3.04. The van der Waals surface area contributed by atoms with Crippen LogP contribution in [0.4, 0.5) is 0 Å². The number of hydrogen-bond donors (Lipinski definition) is 1. The van der Waals surface area contributed by atoms with Gasteiger partial charge in [-0.05, 0) is 35.4 Å². The molecule has 6 heteroatoms. The number of nitrogens with one attached hydrogen (secondary N) is 1. The molecule has 0 bridgehead atoms. The van der Waals surface area contributed by atoms with Crippen molar-refractivity contribution in [3.63, 3.8) is 0 Å². The van der Waals surface area contributed by atoms with Crippen LogP contribution >= 0.6 is 24.0 Å². The molecule has 2 aromatic rings. The Hall–Kier alpha value is -1.59. The van der Waals surface area contributed by atoms with Crippen LogP contribution in [0.2, 0.25) is 5.02 Å². The molecule has 0 spiro atoms. The largest absolute Gasteiger partial charge is 0.380 e. The second-order valence-electron chi connectivity index (χ2n) is 5.90. The zero-order valence-corrected chi connectivity index (χ0v) is 15.6. The minimum atomic E-state index is -0.0106. The number of methoxy groups -OCH3 is 1. The predicted molar refractivity (Wildman–Crippen MR) is 103 cm³/mol. The third-order valence-corrected chi connectivity index (χ3v) is 4.48. The summed E-state index contributed by atoms with van der Waals surface area (Å²) in [4.78, 5) is 14.9. The lowest BCUT2D eigenvalue weighted by Crippen LogP contribution is -2.48. The van der Waals surface area contributed by atoms with Gasteiger partial charge in [-0.1, -0.05) is 35.9 Å². The average molecular weight is 381 g/mol. The van der Waals surface area contributed by atoms with Crippen molar-refractivity contribution in [2.75, 3.05) is 26.7 Å². The van der Waals surface area contributed by atoms with E-state index < -0.39 is 0 Å². The summed E-state index contributed by atoms with van der Waals surface area (Å²) in [6.07, 6.45) is 0. The Morgan fingerprint density at radius 2 is 2.04 bits per heavy atom. The summed E-state index contributed by atoms with van der Waals surface area (Å²) in [7, 11) is 1.66. The number of carbonyl (C=O) groups excluding carboxylic acids is 1. The van der Waals surface area contributed by atoms with Crippen LogP contribution in [0.5, 0.6) is 0 Å². The van der Waals surface area contributed by atoms with Crippen LogP contribution in [-0.4, -0.2) is 37.6 Å². The predicted octanol–water partition coefficient (Wildman–Crippen LogP) is 3.69. The SMILES string of the molecule is COCc1ccc(C(=O)N2CCNCC2c2cccc(Cl)c2)cc1.Cl. The third-order valence-electron chi connectivity index (χ3n) is 4.25.